The second-order valence-electron chi connectivity index (χ2n) is 12.2. The molecule has 228 valence electrons. The highest BCUT2D eigenvalue weighted by molar-refractivity contribution is 7.93. The molecule has 44 heavy (non-hydrogen) atoms. The predicted octanol–water partition coefficient (Wildman–Crippen LogP) is 4.65. The molecule has 10 nitrogen and oxygen atoms in total. The zero-order valence-corrected chi connectivity index (χ0v) is 25.7. The molecule has 1 aliphatic carbocycles. The Balaban J connectivity index is 1.16. The van der Waals surface area contributed by atoms with E-state index < -0.39 is 22.0 Å². The molecule has 3 aliphatic rings. The van der Waals surface area contributed by atoms with Crippen LogP contribution in [0.4, 0.5) is 11.5 Å². The van der Waals surface area contributed by atoms with Gasteiger partial charge in [0.25, 0.3) is 10.0 Å². The second-order valence-corrected chi connectivity index (χ2v) is 14.0. The number of carbonyl (C=O) groups excluding carboxylic acids is 1. The molecule has 2 aliphatic heterocycles. The first kappa shape index (κ1) is 28.7. The summed E-state index contributed by atoms with van der Waals surface area (Å²) < 4.78 is 31.1. The maximum Gasteiger partial charge on any atom is 0.265 e. The summed E-state index contributed by atoms with van der Waals surface area (Å²) in [5, 5.41) is 11.7. The lowest BCUT2D eigenvalue weighted by Crippen LogP contribution is -2.52. The molecule has 1 saturated heterocycles. The van der Waals surface area contributed by atoms with E-state index in [1.54, 1.807) is 36.4 Å². The van der Waals surface area contributed by atoms with Crippen LogP contribution in [0.25, 0.3) is 0 Å². The number of amides is 1. The number of rotatable bonds is 7. The van der Waals surface area contributed by atoms with E-state index >= 15 is 0 Å². The summed E-state index contributed by atoms with van der Waals surface area (Å²) in [4.78, 5) is 20.3. The summed E-state index contributed by atoms with van der Waals surface area (Å²) in [5.41, 5.74) is 5.80. The maximum absolute atomic E-state index is 14.0. The number of hydrogen-bond donors (Lipinski definition) is 1. The fraction of sp³-hybridized carbons (Fsp3) is 0.394. The molecule has 1 amide bonds. The molecule has 4 heterocycles. The number of hydrogen-bond acceptors (Lipinski definition) is 7. The first-order valence-electron chi connectivity index (χ1n) is 15.5. The first-order chi connectivity index (χ1) is 21.4. The number of fused-ring (bicyclic) bond motifs is 2. The highest BCUT2D eigenvalue weighted by atomic mass is 32.2. The highest BCUT2D eigenvalue weighted by Crippen LogP contribution is 2.37. The van der Waals surface area contributed by atoms with Gasteiger partial charge in [-0.2, -0.15) is 0 Å². The smallest absolute Gasteiger partial charge is 0.265 e. The Labute approximate surface area is 258 Å². The van der Waals surface area contributed by atoms with E-state index in [2.05, 4.69) is 43.7 Å². The van der Waals surface area contributed by atoms with Crippen molar-refractivity contribution in [1.29, 1.82) is 0 Å². The van der Waals surface area contributed by atoms with Crippen LogP contribution in [0.2, 0.25) is 0 Å². The third-order valence-electron chi connectivity index (χ3n) is 9.05. The monoisotopic (exact) mass is 611 g/mol. The van der Waals surface area contributed by atoms with Crippen LogP contribution in [0, 0.1) is 6.92 Å². The van der Waals surface area contributed by atoms with E-state index in [1.807, 2.05) is 17.8 Å². The van der Waals surface area contributed by atoms with Gasteiger partial charge in [-0.1, -0.05) is 47.5 Å². The summed E-state index contributed by atoms with van der Waals surface area (Å²) in [6, 6.07) is 15.8. The summed E-state index contributed by atoms with van der Waals surface area (Å²) in [6.07, 6.45) is 10.4. The SMILES string of the molecule is Cc1ccc(S(=O)(=O)N2c3cccnc3NC(=O)C2Cc2cn([C@@H]3CCCc4cc(CN5CCCCC5)ccc43)nn2)cc1. The molecular formula is C33H37N7O3S. The molecule has 1 N–H and O–H groups in total. The molecule has 0 saturated carbocycles. The number of aryl methyl sites for hydroxylation is 2. The topological polar surface area (TPSA) is 113 Å². The van der Waals surface area contributed by atoms with Gasteiger partial charge in [-0.3, -0.25) is 9.69 Å². The van der Waals surface area contributed by atoms with E-state index in [0.29, 0.717) is 11.4 Å². The standard InChI is InChI=1S/C33H37N7O3S/c1-23-10-13-27(14-11-23)44(42,43)40-30-9-6-16-34-32(30)35-33(41)31(40)20-26-22-39(37-36-26)29-8-5-7-25-19-24(12-15-28(25)29)21-38-17-3-2-4-18-38/h6,9-16,19,22,29,31H,2-5,7-8,17-18,20-21H2,1H3,(H,34,35,41)/t29-,31?/m1/s1. The molecule has 2 aromatic carbocycles. The van der Waals surface area contributed by atoms with Gasteiger partial charge < -0.3 is 5.32 Å². The third-order valence-corrected chi connectivity index (χ3v) is 10.9. The Bertz CT molecular complexity index is 1780. The predicted molar refractivity (Wildman–Crippen MR) is 168 cm³/mol. The van der Waals surface area contributed by atoms with E-state index in [0.717, 1.165) is 31.4 Å². The largest absolute Gasteiger partial charge is 0.307 e. The van der Waals surface area contributed by atoms with Crippen molar-refractivity contribution >= 4 is 27.4 Å². The quantitative estimate of drug-likeness (QED) is 0.324. The number of nitrogens with zero attached hydrogens (tertiary/aromatic N) is 6. The van der Waals surface area contributed by atoms with Crippen LogP contribution in [0.15, 0.2) is 71.9 Å². The molecule has 0 bridgehead atoms. The lowest BCUT2D eigenvalue weighted by Gasteiger charge is -2.36. The summed E-state index contributed by atoms with van der Waals surface area (Å²) >= 11 is 0. The number of aromatic nitrogens is 4. The van der Waals surface area contributed by atoms with Crippen LogP contribution in [0.1, 0.15) is 66.1 Å². The van der Waals surface area contributed by atoms with Gasteiger partial charge in [0.15, 0.2) is 5.82 Å². The van der Waals surface area contributed by atoms with E-state index in [1.165, 1.54) is 59.5 Å². The van der Waals surface area contributed by atoms with E-state index in [4.69, 9.17) is 0 Å². The van der Waals surface area contributed by atoms with Gasteiger partial charge in [-0.25, -0.2) is 22.4 Å². The van der Waals surface area contributed by atoms with Crippen LogP contribution in [-0.2, 0) is 34.2 Å². The van der Waals surface area contributed by atoms with Gasteiger partial charge in [0.1, 0.15) is 6.04 Å². The van der Waals surface area contributed by atoms with Crippen molar-refractivity contribution in [2.24, 2.45) is 0 Å². The van der Waals surface area contributed by atoms with Gasteiger partial charge in [0.05, 0.1) is 22.3 Å². The van der Waals surface area contributed by atoms with Crippen LogP contribution < -0.4 is 9.62 Å². The van der Waals surface area contributed by atoms with Crippen molar-refractivity contribution in [2.75, 3.05) is 22.7 Å². The summed E-state index contributed by atoms with van der Waals surface area (Å²) in [6.45, 7) is 5.24. The molecular weight excluding hydrogens is 574 g/mol. The van der Waals surface area contributed by atoms with Crippen molar-refractivity contribution < 1.29 is 13.2 Å². The van der Waals surface area contributed by atoms with Gasteiger partial charge in [0.2, 0.25) is 5.91 Å². The second kappa shape index (κ2) is 11.8. The number of anilines is 2. The number of benzene rings is 2. The molecule has 0 spiro atoms. The molecule has 11 heteroatoms. The molecule has 1 fully saturated rings. The number of likely N-dealkylation sites (tertiary alicyclic amines) is 1. The Morgan fingerprint density at radius 1 is 1.00 bits per heavy atom. The molecule has 2 atom stereocenters. The lowest BCUT2D eigenvalue weighted by atomic mass is 9.86. The maximum atomic E-state index is 14.0. The zero-order chi connectivity index (χ0) is 30.3. The normalized spacial score (nSPS) is 20.6. The molecule has 0 radical (unpaired) electrons. The molecule has 2 aromatic heterocycles. The van der Waals surface area contributed by atoms with Crippen molar-refractivity contribution in [3.63, 3.8) is 0 Å². The number of carbonyl (C=O) groups is 1. The van der Waals surface area contributed by atoms with Crippen molar-refractivity contribution in [3.05, 3.63) is 94.9 Å². The van der Waals surface area contributed by atoms with E-state index in [9.17, 15) is 13.2 Å². The van der Waals surface area contributed by atoms with Crippen molar-refractivity contribution in [3.8, 4) is 0 Å². The number of pyridine rings is 1. The minimum atomic E-state index is -4.09. The summed E-state index contributed by atoms with van der Waals surface area (Å²) in [5.74, 6) is -0.239. The van der Waals surface area contributed by atoms with Crippen LogP contribution in [0.3, 0.4) is 0 Å². The van der Waals surface area contributed by atoms with Gasteiger partial charge >= 0.3 is 0 Å². The number of nitrogens with one attached hydrogen (secondary N) is 1. The third kappa shape index (κ3) is 5.50. The van der Waals surface area contributed by atoms with Crippen LogP contribution in [0.5, 0.6) is 0 Å². The zero-order valence-electron chi connectivity index (χ0n) is 24.9. The molecule has 4 aromatic rings. The van der Waals surface area contributed by atoms with Crippen LogP contribution >= 0.6 is 0 Å². The average Bonchev–Trinajstić information content (AvgIpc) is 3.50. The van der Waals surface area contributed by atoms with Gasteiger partial charge in [-0.05, 0) is 93.1 Å². The first-order valence-corrected chi connectivity index (χ1v) is 16.9. The van der Waals surface area contributed by atoms with Crippen LogP contribution in [-0.4, -0.2) is 58.3 Å². The molecule has 1 unspecified atom stereocenters. The molecule has 7 rings (SSSR count). The number of sulfonamides is 1. The Hall–Kier alpha value is -4.09. The Morgan fingerprint density at radius 3 is 2.64 bits per heavy atom. The lowest BCUT2D eigenvalue weighted by molar-refractivity contribution is -0.117. The van der Waals surface area contributed by atoms with Crippen molar-refractivity contribution in [2.45, 2.75) is 75.4 Å². The number of piperidine rings is 1. The van der Waals surface area contributed by atoms with Gasteiger partial charge in [-0.15, -0.1) is 5.10 Å². The highest BCUT2D eigenvalue weighted by Gasteiger charge is 2.42. The fourth-order valence-corrected chi connectivity index (χ4v) is 8.41. The van der Waals surface area contributed by atoms with Gasteiger partial charge in [0, 0.05) is 25.4 Å². The minimum absolute atomic E-state index is 0.0431. The minimum Gasteiger partial charge on any atom is -0.307 e. The Morgan fingerprint density at radius 2 is 1.82 bits per heavy atom. The van der Waals surface area contributed by atoms with Crippen molar-refractivity contribution in [1.82, 2.24) is 24.9 Å². The fourth-order valence-electron chi connectivity index (χ4n) is 6.79. The Kier molecular flexibility index (Phi) is 7.67. The van der Waals surface area contributed by atoms with E-state index in [-0.39, 0.29) is 23.2 Å². The summed E-state index contributed by atoms with van der Waals surface area (Å²) in [7, 11) is -4.09. The average molecular weight is 612 g/mol.